The van der Waals surface area contributed by atoms with Crippen LogP contribution < -0.4 is 10.6 Å². The van der Waals surface area contributed by atoms with Gasteiger partial charge in [0.15, 0.2) is 5.96 Å². The maximum Gasteiger partial charge on any atom is 0.191 e. The molecule has 5 nitrogen and oxygen atoms in total. The molecule has 2 unspecified atom stereocenters. The van der Waals surface area contributed by atoms with Crippen molar-refractivity contribution >= 4 is 5.96 Å². The largest absolute Gasteiger partial charge is 0.374 e. The summed E-state index contributed by atoms with van der Waals surface area (Å²) in [5.74, 6) is 1.45. The molecule has 126 valence electrons. The predicted molar refractivity (Wildman–Crippen MR) is 94.1 cm³/mol. The van der Waals surface area contributed by atoms with Crippen LogP contribution in [0.25, 0.3) is 0 Å². The number of aliphatic imine (C=N–C) groups is 1. The van der Waals surface area contributed by atoms with Crippen LogP contribution in [0, 0.1) is 0 Å². The minimum atomic E-state index is 0.236. The van der Waals surface area contributed by atoms with Gasteiger partial charge < -0.3 is 20.3 Å². The lowest BCUT2D eigenvalue weighted by atomic mass is 10.0. The average molecular weight is 316 g/mol. The zero-order chi connectivity index (χ0) is 16.1. The van der Waals surface area contributed by atoms with E-state index in [1.54, 1.807) is 0 Å². The van der Waals surface area contributed by atoms with Crippen molar-refractivity contribution in [2.45, 2.75) is 24.9 Å². The highest BCUT2D eigenvalue weighted by Gasteiger charge is 2.22. The molecule has 1 heterocycles. The first-order chi connectivity index (χ1) is 11.3. The summed E-state index contributed by atoms with van der Waals surface area (Å²) in [4.78, 5) is 6.64. The highest BCUT2D eigenvalue weighted by molar-refractivity contribution is 5.79. The Hall–Kier alpha value is -1.59. The highest BCUT2D eigenvalue weighted by Crippen LogP contribution is 2.31. The lowest BCUT2D eigenvalue weighted by molar-refractivity contribution is -0.0161. The third-order valence-corrected chi connectivity index (χ3v) is 4.84. The Kier molecular flexibility index (Phi) is 5.51. The summed E-state index contributed by atoms with van der Waals surface area (Å²) in [7, 11) is 3.96. The standard InChI is InChI=1S/C18H28N4O/c1-19-18(21-12-16-13-22(2)9-10-23-16)20-11-15-8-7-14-5-3-4-6-17(14)15/h3-6,15-16H,7-13H2,1-2H3,(H2,19,20,21). The van der Waals surface area contributed by atoms with E-state index < -0.39 is 0 Å². The number of hydrogen-bond donors (Lipinski definition) is 2. The molecule has 1 aromatic rings. The number of nitrogens with one attached hydrogen (secondary N) is 2. The molecular formula is C18H28N4O. The summed E-state index contributed by atoms with van der Waals surface area (Å²) >= 11 is 0. The quantitative estimate of drug-likeness (QED) is 0.648. The zero-order valence-electron chi connectivity index (χ0n) is 14.2. The van der Waals surface area contributed by atoms with Crippen LogP contribution in [0.15, 0.2) is 29.3 Å². The molecule has 0 saturated carbocycles. The molecule has 0 amide bonds. The Morgan fingerprint density at radius 3 is 2.96 bits per heavy atom. The van der Waals surface area contributed by atoms with Crippen LogP contribution in [-0.2, 0) is 11.2 Å². The molecule has 0 radical (unpaired) electrons. The SMILES string of the molecule is CN=C(NCC1CN(C)CCO1)NCC1CCc2ccccc21. The van der Waals surface area contributed by atoms with Crippen LogP contribution in [0.5, 0.6) is 0 Å². The number of rotatable bonds is 4. The molecule has 23 heavy (non-hydrogen) atoms. The van der Waals surface area contributed by atoms with Crippen molar-refractivity contribution in [3.05, 3.63) is 35.4 Å². The van der Waals surface area contributed by atoms with Gasteiger partial charge in [-0.25, -0.2) is 0 Å². The molecule has 0 bridgehead atoms. The number of fused-ring (bicyclic) bond motifs is 1. The van der Waals surface area contributed by atoms with Gasteiger partial charge in [-0.2, -0.15) is 0 Å². The van der Waals surface area contributed by atoms with Crippen LogP contribution >= 0.6 is 0 Å². The summed E-state index contributed by atoms with van der Waals surface area (Å²) in [5.41, 5.74) is 2.99. The van der Waals surface area contributed by atoms with Crippen molar-refractivity contribution in [3.63, 3.8) is 0 Å². The van der Waals surface area contributed by atoms with Gasteiger partial charge in [-0.3, -0.25) is 4.99 Å². The molecule has 3 rings (SSSR count). The van der Waals surface area contributed by atoms with Crippen LogP contribution in [0.3, 0.4) is 0 Å². The summed E-state index contributed by atoms with van der Waals surface area (Å²) in [6, 6.07) is 8.79. The van der Waals surface area contributed by atoms with E-state index in [0.717, 1.165) is 38.7 Å². The number of aryl methyl sites for hydroxylation is 1. The van der Waals surface area contributed by atoms with Crippen molar-refractivity contribution in [2.75, 3.05) is 46.9 Å². The Balaban J connectivity index is 1.45. The van der Waals surface area contributed by atoms with Gasteiger partial charge >= 0.3 is 0 Å². The van der Waals surface area contributed by atoms with Crippen molar-refractivity contribution in [1.29, 1.82) is 0 Å². The second-order valence-corrected chi connectivity index (χ2v) is 6.52. The Bertz CT molecular complexity index is 546. The molecule has 0 spiro atoms. The van der Waals surface area contributed by atoms with E-state index in [1.165, 1.54) is 24.0 Å². The number of likely N-dealkylation sites (N-methyl/N-ethyl adjacent to an activating group) is 1. The van der Waals surface area contributed by atoms with Crippen molar-refractivity contribution in [3.8, 4) is 0 Å². The molecule has 1 aromatic carbocycles. The lowest BCUT2D eigenvalue weighted by Gasteiger charge is -2.30. The molecule has 2 aliphatic rings. The maximum absolute atomic E-state index is 5.78. The summed E-state index contributed by atoms with van der Waals surface area (Å²) in [5, 5.41) is 6.87. The number of benzene rings is 1. The van der Waals surface area contributed by atoms with Gasteiger partial charge in [0, 0.05) is 39.1 Å². The van der Waals surface area contributed by atoms with Gasteiger partial charge in [0.05, 0.1) is 12.7 Å². The Morgan fingerprint density at radius 2 is 2.13 bits per heavy atom. The topological polar surface area (TPSA) is 48.9 Å². The fourth-order valence-corrected chi connectivity index (χ4v) is 3.50. The fourth-order valence-electron chi connectivity index (χ4n) is 3.50. The molecule has 2 atom stereocenters. The first kappa shape index (κ1) is 16.3. The molecule has 1 saturated heterocycles. The fraction of sp³-hybridized carbons (Fsp3) is 0.611. The lowest BCUT2D eigenvalue weighted by Crippen LogP contribution is -2.48. The first-order valence-electron chi connectivity index (χ1n) is 8.58. The Morgan fingerprint density at radius 1 is 1.30 bits per heavy atom. The van der Waals surface area contributed by atoms with E-state index in [0.29, 0.717) is 5.92 Å². The van der Waals surface area contributed by atoms with Crippen LogP contribution in [-0.4, -0.2) is 63.8 Å². The summed E-state index contributed by atoms with van der Waals surface area (Å²) in [6.07, 6.45) is 2.65. The van der Waals surface area contributed by atoms with Crippen molar-refractivity contribution in [2.24, 2.45) is 4.99 Å². The van der Waals surface area contributed by atoms with E-state index in [1.807, 2.05) is 7.05 Å². The number of hydrogen-bond acceptors (Lipinski definition) is 3. The van der Waals surface area contributed by atoms with Gasteiger partial charge in [-0.1, -0.05) is 24.3 Å². The highest BCUT2D eigenvalue weighted by atomic mass is 16.5. The normalized spacial score (nSPS) is 25.2. The van der Waals surface area contributed by atoms with Crippen LogP contribution in [0.1, 0.15) is 23.5 Å². The van der Waals surface area contributed by atoms with Crippen LogP contribution in [0.4, 0.5) is 0 Å². The second kappa shape index (κ2) is 7.79. The molecule has 0 aromatic heterocycles. The van der Waals surface area contributed by atoms with E-state index in [4.69, 9.17) is 4.74 Å². The van der Waals surface area contributed by atoms with Gasteiger partial charge in [0.1, 0.15) is 0 Å². The number of guanidine groups is 1. The first-order valence-corrected chi connectivity index (χ1v) is 8.58. The summed E-state index contributed by atoms with van der Waals surface area (Å²) in [6.45, 7) is 4.53. The van der Waals surface area contributed by atoms with E-state index in [-0.39, 0.29) is 6.10 Å². The number of morpholine rings is 1. The molecular weight excluding hydrogens is 288 g/mol. The maximum atomic E-state index is 5.78. The van der Waals surface area contributed by atoms with Crippen LogP contribution in [0.2, 0.25) is 0 Å². The Labute approximate surface area is 139 Å². The molecule has 5 heteroatoms. The molecule has 1 aliphatic heterocycles. The molecule has 2 N–H and O–H groups in total. The smallest absolute Gasteiger partial charge is 0.191 e. The monoisotopic (exact) mass is 316 g/mol. The van der Waals surface area contributed by atoms with Gasteiger partial charge in [0.25, 0.3) is 0 Å². The number of ether oxygens (including phenoxy) is 1. The minimum absolute atomic E-state index is 0.236. The van der Waals surface area contributed by atoms with E-state index in [2.05, 4.69) is 51.8 Å². The van der Waals surface area contributed by atoms with E-state index in [9.17, 15) is 0 Å². The van der Waals surface area contributed by atoms with Gasteiger partial charge in [-0.15, -0.1) is 0 Å². The van der Waals surface area contributed by atoms with Gasteiger partial charge in [0.2, 0.25) is 0 Å². The third kappa shape index (κ3) is 4.24. The minimum Gasteiger partial charge on any atom is -0.374 e. The van der Waals surface area contributed by atoms with Crippen molar-refractivity contribution in [1.82, 2.24) is 15.5 Å². The van der Waals surface area contributed by atoms with E-state index >= 15 is 0 Å². The molecule has 1 aliphatic carbocycles. The second-order valence-electron chi connectivity index (χ2n) is 6.52. The zero-order valence-corrected chi connectivity index (χ0v) is 14.2. The third-order valence-electron chi connectivity index (χ3n) is 4.84. The van der Waals surface area contributed by atoms with Gasteiger partial charge in [-0.05, 0) is 31.0 Å². The number of nitrogens with zero attached hydrogens (tertiary/aromatic N) is 2. The van der Waals surface area contributed by atoms with Crippen molar-refractivity contribution < 1.29 is 4.74 Å². The predicted octanol–water partition coefficient (Wildman–Crippen LogP) is 1.21. The average Bonchev–Trinajstić information content (AvgIpc) is 2.98. The summed E-state index contributed by atoms with van der Waals surface area (Å²) < 4.78 is 5.78. The molecule has 1 fully saturated rings.